The molecule has 0 atom stereocenters. The third-order valence-electron chi connectivity index (χ3n) is 0.188. The van der Waals surface area contributed by atoms with Gasteiger partial charge in [0.15, 0.2) is 0 Å². The summed E-state index contributed by atoms with van der Waals surface area (Å²) in [5.41, 5.74) is 0. The zero-order chi connectivity index (χ0) is 4.12. The Bertz CT molecular complexity index is 33.9. The Morgan fingerprint density at radius 3 is 2.40 bits per heavy atom. The Morgan fingerprint density at radius 2 is 2.40 bits per heavy atom. The summed E-state index contributed by atoms with van der Waals surface area (Å²) in [6.45, 7) is 1.83. The van der Waals surface area contributed by atoms with Crippen molar-refractivity contribution >= 4 is 44.4 Å². The van der Waals surface area contributed by atoms with Crippen LogP contribution in [0.4, 0.5) is 0 Å². The minimum absolute atomic E-state index is 1.61. The first kappa shape index (κ1) is 5.72. The van der Waals surface area contributed by atoms with Crippen LogP contribution < -0.4 is 0 Å². The van der Waals surface area contributed by atoms with E-state index in [-0.39, 0.29) is 0 Å². The van der Waals surface area contributed by atoms with Crippen molar-refractivity contribution in [3.05, 3.63) is 0 Å². The fourth-order valence-corrected chi connectivity index (χ4v) is 0.345. The molecule has 24 valence electrons. The fourth-order valence-electron chi connectivity index (χ4n) is 0.0514. The van der Waals surface area contributed by atoms with Crippen LogP contribution in [0.1, 0.15) is 0 Å². The molecule has 0 N–H and O–H groups in total. The van der Waals surface area contributed by atoms with Gasteiger partial charge in [0.2, 0.25) is 0 Å². The third-order valence-corrected chi connectivity index (χ3v) is 0.481. The van der Waals surface area contributed by atoms with Gasteiger partial charge in [0.05, 0.1) is 0 Å². The molecule has 0 aliphatic carbocycles. The van der Waals surface area contributed by atoms with E-state index in [1.807, 2.05) is 14.4 Å². The SMILES string of the molecule is BB=BOI. The standard InChI is InChI=1S/B3H2IO/c1-2-3-5-4/h1H2. The van der Waals surface area contributed by atoms with Crippen molar-refractivity contribution in [3.63, 3.8) is 0 Å². The Kier molecular flexibility index (Phi) is 5.41. The number of halogens is 1. The number of hydrogen-bond acceptors (Lipinski definition) is 1. The van der Waals surface area contributed by atoms with Gasteiger partial charge in [-0.05, 0) is 0 Å². The molecule has 0 fully saturated rings. The van der Waals surface area contributed by atoms with Crippen molar-refractivity contribution in [2.45, 2.75) is 0 Å². The first-order chi connectivity index (χ1) is 2.41. The van der Waals surface area contributed by atoms with Gasteiger partial charge < -0.3 is 0 Å². The van der Waals surface area contributed by atoms with Gasteiger partial charge in [-0.15, -0.1) is 0 Å². The van der Waals surface area contributed by atoms with Crippen LogP contribution in [0.5, 0.6) is 0 Å². The van der Waals surface area contributed by atoms with Gasteiger partial charge >= 0.3 is 47.4 Å². The van der Waals surface area contributed by atoms with Gasteiger partial charge in [0.25, 0.3) is 0 Å². The van der Waals surface area contributed by atoms with Gasteiger partial charge in [-0.3, -0.25) is 0 Å². The van der Waals surface area contributed by atoms with Crippen LogP contribution in [0.25, 0.3) is 0 Å². The molecule has 0 bridgehead atoms. The second kappa shape index (κ2) is 4.72. The average molecular weight is 177 g/mol. The van der Waals surface area contributed by atoms with Gasteiger partial charge in [-0.1, -0.05) is 0 Å². The molecule has 0 saturated heterocycles. The molecule has 0 radical (unpaired) electrons. The molecule has 0 aliphatic rings. The Hall–Kier alpha value is 0.725. The molecule has 5 heavy (non-hydrogen) atoms. The van der Waals surface area contributed by atoms with Gasteiger partial charge in [0.1, 0.15) is 0 Å². The van der Waals surface area contributed by atoms with Crippen molar-refractivity contribution in [2.24, 2.45) is 0 Å². The van der Waals surface area contributed by atoms with Crippen LogP contribution in [0.3, 0.4) is 0 Å². The van der Waals surface area contributed by atoms with E-state index in [0.717, 1.165) is 0 Å². The molecule has 1 nitrogen and oxygen atoms in total. The van der Waals surface area contributed by atoms with Gasteiger partial charge in [-0.2, -0.15) is 0 Å². The Labute approximate surface area is 47.7 Å². The second-order valence-electron chi connectivity index (χ2n) is 0.559. The van der Waals surface area contributed by atoms with Crippen LogP contribution in [0.15, 0.2) is 0 Å². The van der Waals surface area contributed by atoms with E-state index in [1.54, 1.807) is 30.0 Å². The predicted octanol–water partition coefficient (Wildman–Crippen LogP) is -0.861. The van der Waals surface area contributed by atoms with E-state index in [2.05, 4.69) is 2.98 Å². The summed E-state index contributed by atoms with van der Waals surface area (Å²) in [7, 11) is 3.51. The van der Waals surface area contributed by atoms with Gasteiger partial charge in [0, 0.05) is 0 Å². The van der Waals surface area contributed by atoms with E-state index >= 15 is 0 Å². The summed E-state index contributed by atoms with van der Waals surface area (Å²) in [4.78, 5) is 0. The third kappa shape index (κ3) is 4.72. The summed E-state index contributed by atoms with van der Waals surface area (Å²) < 4.78 is 4.48. The quantitative estimate of drug-likeness (QED) is 0.374. The van der Waals surface area contributed by atoms with Gasteiger partial charge in [-0.25, -0.2) is 0 Å². The number of hydrogen-bond donors (Lipinski definition) is 0. The monoisotopic (exact) mass is 178 g/mol. The molecule has 0 heterocycles. The summed E-state index contributed by atoms with van der Waals surface area (Å²) in [5.74, 6) is 0. The van der Waals surface area contributed by atoms with Crippen LogP contribution in [0.2, 0.25) is 0 Å². The zero-order valence-corrected chi connectivity index (χ0v) is 5.10. The summed E-state index contributed by atoms with van der Waals surface area (Å²) in [5, 5.41) is 0. The summed E-state index contributed by atoms with van der Waals surface area (Å²) in [6, 6.07) is 0. The molecule has 0 aromatic carbocycles. The zero-order valence-electron chi connectivity index (χ0n) is 2.94. The predicted molar refractivity (Wildman–Crippen MR) is 35.2 cm³/mol. The Morgan fingerprint density at radius 1 is 1.80 bits per heavy atom. The van der Waals surface area contributed by atoms with E-state index in [9.17, 15) is 0 Å². The van der Waals surface area contributed by atoms with Crippen LogP contribution >= 0.6 is 23.0 Å². The van der Waals surface area contributed by atoms with Crippen molar-refractivity contribution in [3.8, 4) is 0 Å². The van der Waals surface area contributed by atoms with Crippen molar-refractivity contribution < 1.29 is 2.98 Å². The van der Waals surface area contributed by atoms with Crippen molar-refractivity contribution in [1.29, 1.82) is 0 Å². The molecule has 0 rings (SSSR count). The van der Waals surface area contributed by atoms with Crippen molar-refractivity contribution in [2.75, 3.05) is 0 Å². The molecule has 0 aromatic rings. The van der Waals surface area contributed by atoms with Crippen LogP contribution in [0, 0.1) is 0 Å². The topological polar surface area (TPSA) is 9.23 Å². The molecular formula is H2B3IO. The van der Waals surface area contributed by atoms with E-state index < -0.39 is 0 Å². The van der Waals surface area contributed by atoms with Crippen LogP contribution in [-0.4, -0.2) is 21.4 Å². The molecule has 0 unspecified atom stereocenters. The minimum atomic E-state index is 1.61. The molecule has 0 aliphatic heterocycles. The molecule has 0 amide bonds. The average Bonchev–Trinajstić information content (AvgIpc) is 1.41. The van der Waals surface area contributed by atoms with E-state index in [4.69, 9.17) is 0 Å². The molecule has 0 spiro atoms. The molecule has 0 aromatic heterocycles. The maximum atomic E-state index is 4.48. The summed E-state index contributed by atoms with van der Waals surface area (Å²) in [6.07, 6.45) is 0. The number of rotatable bonds is 1. The van der Waals surface area contributed by atoms with Crippen LogP contribution in [-0.2, 0) is 2.98 Å². The van der Waals surface area contributed by atoms with E-state index in [0.29, 0.717) is 0 Å². The maximum absolute atomic E-state index is 4.48. The molecular weight excluding hydrogens is 175 g/mol. The molecule has 0 saturated carbocycles. The second-order valence-corrected chi connectivity index (χ2v) is 1.07. The molecule has 5 heteroatoms. The summed E-state index contributed by atoms with van der Waals surface area (Å²) >= 11 is 1.80. The first-order valence-electron chi connectivity index (χ1n) is 1.30. The fraction of sp³-hybridized carbons (Fsp3) is 0. The normalized spacial score (nSPS) is 5.80. The Balaban J connectivity index is 2.62. The van der Waals surface area contributed by atoms with Crippen molar-refractivity contribution in [1.82, 2.24) is 0 Å². The van der Waals surface area contributed by atoms with E-state index in [1.165, 1.54) is 0 Å². The first-order valence-corrected chi connectivity index (χ1v) is 2.18.